The summed E-state index contributed by atoms with van der Waals surface area (Å²) in [6.07, 6.45) is -2.52. The number of aliphatic hydroxyl groups is 4. The second kappa shape index (κ2) is 16.9. The molecule has 6 rings (SSSR count). The van der Waals surface area contributed by atoms with E-state index in [2.05, 4.69) is 0 Å². The van der Waals surface area contributed by atoms with Gasteiger partial charge in [-0.05, 0) is 110 Å². The molecule has 0 saturated heterocycles. The molecule has 6 heteroatoms. The standard InChI is InChI=1S/2C22H22O3/c1-15-3-11-20(12-4-15)25-21-13-9-19(10-14-21)22(24)18-7-5-17(6-8-18)16(2)23;1-15-6-10-20(11-7-15)25-21-12-8-17(9-13-21)22(24)19-5-3-4-18(14-19)16(2)23/h2*3-14,16,22-24H,1-2H3/t2*16-,22-/m10/s1. The molecule has 0 aliphatic carbocycles. The molecular weight excluding hydrogens is 624 g/mol. The summed E-state index contributed by atoms with van der Waals surface area (Å²) in [6.45, 7) is 7.50. The second-order valence-corrected chi connectivity index (χ2v) is 12.5. The Hall–Kier alpha value is -5.24. The molecular formula is C44H44O6. The van der Waals surface area contributed by atoms with Crippen molar-refractivity contribution >= 4 is 0 Å². The molecule has 0 aliphatic heterocycles. The highest BCUT2D eigenvalue weighted by atomic mass is 16.5. The fourth-order valence-corrected chi connectivity index (χ4v) is 5.25. The van der Waals surface area contributed by atoms with Crippen molar-refractivity contribution < 1.29 is 29.9 Å². The lowest BCUT2D eigenvalue weighted by atomic mass is 9.98. The van der Waals surface area contributed by atoms with Gasteiger partial charge in [0.1, 0.15) is 35.2 Å². The first-order chi connectivity index (χ1) is 24.0. The summed E-state index contributed by atoms with van der Waals surface area (Å²) in [5.41, 5.74) is 7.11. The molecule has 0 saturated carbocycles. The molecule has 0 radical (unpaired) electrons. The Labute approximate surface area is 294 Å². The van der Waals surface area contributed by atoms with E-state index in [4.69, 9.17) is 9.47 Å². The molecule has 0 bridgehead atoms. The van der Waals surface area contributed by atoms with Gasteiger partial charge in [-0.2, -0.15) is 0 Å². The van der Waals surface area contributed by atoms with Crippen LogP contribution in [0.25, 0.3) is 0 Å². The van der Waals surface area contributed by atoms with Crippen LogP contribution in [0.5, 0.6) is 23.0 Å². The number of hydrogen-bond acceptors (Lipinski definition) is 6. The summed E-state index contributed by atoms with van der Waals surface area (Å²) in [7, 11) is 0. The highest BCUT2D eigenvalue weighted by molar-refractivity contribution is 5.40. The average Bonchev–Trinajstić information content (AvgIpc) is 3.14. The largest absolute Gasteiger partial charge is 0.457 e. The van der Waals surface area contributed by atoms with Crippen molar-refractivity contribution in [2.45, 2.75) is 52.1 Å². The van der Waals surface area contributed by atoms with Gasteiger partial charge in [0.25, 0.3) is 0 Å². The molecule has 0 unspecified atom stereocenters. The maximum absolute atomic E-state index is 10.6. The molecule has 0 aromatic heterocycles. The quantitative estimate of drug-likeness (QED) is 0.116. The third-order valence-electron chi connectivity index (χ3n) is 8.35. The van der Waals surface area contributed by atoms with Crippen LogP contribution in [0.1, 0.15) is 82.8 Å². The number of aliphatic hydroxyl groups excluding tert-OH is 4. The molecule has 0 heterocycles. The van der Waals surface area contributed by atoms with Crippen LogP contribution in [-0.4, -0.2) is 20.4 Å². The van der Waals surface area contributed by atoms with E-state index in [1.165, 1.54) is 11.1 Å². The Bertz CT molecular complexity index is 1910. The van der Waals surface area contributed by atoms with E-state index in [1.807, 2.05) is 159 Å². The monoisotopic (exact) mass is 668 g/mol. The minimum atomic E-state index is -0.743. The molecule has 4 atom stereocenters. The van der Waals surface area contributed by atoms with Crippen LogP contribution in [0.15, 0.2) is 146 Å². The van der Waals surface area contributed by atoms with Crippen LogP contribution in [0.3, 0.4) is 0 Å². The van der Waals surface area contributed by atoms with Gasteiger partial charge in [-0.1, -0.05) is 108 Å². The van der Waals surface area contributed by atoms with Gasteiger partial charge in [-0.25, -0.2) is 0 Å². The zero-order valence-corrected chi connectivity index (χ0v) is 28.8. The van der Waals surface area contributed by atoms with E-state index >= 15 is 0 Å². The Morgan fingerprint density at radius 1 is 0.360 bits per heavy atom. The van der Waals surface area contributed by atoms with Crippen molar-refractivity contribution in [2.24, 2.45) is 0 Å². The van der Waals surface area contributed by atoms with Crippen molar-refractivity contribution in [3.63, 3.8) is 0 Å². The van der Waals surface area contributed by atoms with Crippen molar-refractivity contribution in [2.75, 3.05) is 0 Å². The molecule has 0 spiro atoms. The zero-order valence-electron chi connectivity index (χ0n) is 28.8. The number of benzene rings is 6. The van der Waals surface area contributed by atoms with E-state index < -0.39 is 24.4 Å². The number of hydrogen-bond donors (Lipinski definition) is 4. The van der Waals surface area contributed by atoms with Gasteiger partial charge in [-0.15, -0.1) is 0 Å². The van der Waals surface area contributed by atoms with E-state index in [9.17, 15) is 20.4 Å². The molecule has 0 amide bonds. The molecule has 4 N–H and O–H groups in total. The summed E-state index contributed by atoms with van der Waals surface area (Å²) in [6, 6.07) is 45.2. The summed E-state index contributed by atoms with van der Waals surface area (Å²) in [5, 5.41) is 40.4. The highest BCUT2D eigenvalue weighted by Gasteiger charge is 2.13. The van der Waals surface area contributed by atoms with Crippen LogP contribution in [-0.2, 0) is 0 Å². The normalized spacial score (nSPS) is 13.3. The van der Waals surface area contributed by atoms with E-state index in [1.54, 1.807) is 13.8 Å². The van der Waals surface area contributed by atoms with Crippen LogP contribution in [0.2, 0.25) is 0 Å². The first kappa shape index (κ1) is 36.1. The fourth-order valence-electron chi connectivity index (χ4n) is 5.25. The van der Waals surface area contributed by atoms with E-state index in [0.717, 1.165) is 56.4 Å². The van der Waals surface area contributed by atoms with Crippen LogP contribution < -0.4 is 9.47 Å². The first-order valence-corrected chi connectivity index (χ1v) is 16.7. The fraction of sp³-hybridized carbons (Fsp3) is 0.182. The number of ether oxygens (including phenoxy) is 2. The maximum Gasteiger partial charge on any atom is 0.127 e. The number of rotatable bonds is 10. The SMILES string of the molecule is Cc1ccc(Oc2ccc([C@H](O)c3ccc([C@@H](C)O)cc3)cc2)cc1.Cc1ccc(Oc2ccc([C@H](O)c3cccc([C@H](C)O)c3)cc2)cc1. The predicted octanol–water partition coefficient (Wildman–Crippen LogP) is 9.84. The Balaban J connectivity index is 0.000000194. The number of aryl methyl sites for hydroxylation is 2. The third-order valence-corrected chi connectivity index (χ3v) is 8.35. The summed E-state index contributed by atoms with van der Waals surface area (Å²) in [4.78, 5) is 0. The van der Waals surface area contributed by atoms with Crippen LogP contribution >= 0.6 is 0 Å². The lowest BCUT2D eigenvalue weighted by Crippen LogP contribution is -2.01. The lowest BCUT2D eigenvalue weighted by Gasteiger charge is -2.14. The van der Waals surface area contributed by atoms with E-state index in [-0.39, 0.29) is 0 Å². The topological polar surface area (TPSA) is 99.4 Å². The van der Waals surface area contributed by atoms with Gasteiger partial charge in [0.15, 0.2) is 0 Å². The van der Waals surface area contributed by atoms with Gasteiger partial charge in [-0.3, -0.25) is 0 Å². The smallest absolute Gasteiger partial charge is 0.127 e. The Kier molecular flexibility index (Phi) is 12.2. The van der Waals surface area contributed by atoms with Gasteiger partial charge in [0.2, 0.25) is 0 Å². The molecule has 6 aromatic rings. The molecule has 256 valence electrons. The maximum atomic E-state index is 10.6. The summed E-state index contributed by atoms with van der Waals surface area (Å²) in [5.74, 6) is 3.01. The highest BCUT2D eigenvalue weighted by Crippen LogP contribution is 2.29. The van der Waals surface area contributed by atoms with Crippen LogP contribution in [0, 0.1) is 13.8 Å². The minimum absolute atomic E-state index is 0.510. The minimum Gasteiger partial charge on any atom is -0.457 e. The van der Waals surface area contributed by atoms with E-state index in [0.29, 0.717) is 0 Å². The Morgan fingerprint density at radius 3 is 1.04 bits per heavy atom. The molecule has 0 aliphatic rings. The Morgan fingerprint density at radius 2 is 0.660 bits per heavy atom. The average molecular weight is 669 g/mol. The van der Waals surface area contributed by atoms with Crippen molar-refractivity contribution in [3.05, 3.63) is 190 Å². The molecule has 50 heavy (non-hydrogen) atoms. The first-order valence-electron chi connectivity index (χ1n) is 16.7. The van der Waals surface area contributed by atoms with Gasteiger partial charge < -0.3 is 29.9 Å². The van der Waals surface area contributed by atoms with Crippen molar-refractivity contribution in [1.29, 1.82) is 0 Å². The third kappa shape index (κ3) is 9.91. The summed E-state index contributed by atoms with van der Waals surface area (Å²) < 4.78 is 11.6. The van der Waals surface area contributed by atoms with Gasteiger partial charge >= 0.3 is 0 Å². The van der Waals surface area contributed by atoms with Gasteiger partial charge in [0, 0.05) is 0 Å². The molecule has 6 nitrogen and oxygen atoms in total. The lowest BCUT2D eigenvalue weighted by molar-refractivity contribution is 0.197. The zero-order chi connectivity index (χ0) is 35.6. The van der Waals surface area contributed by atoms with Crippen molar-refractivity contribution in [1.82, 2.24) is 0 Å². The summed E-state index contributed by atoms with van der Waals surface area (Å²) >= 11 is 0. The predicted molar refractivity (Wildman–Crippen MR) is 198 cm³/mol. The van der Waals surface area contributed by atoms with Gasteiger partial charge in [0.05, 0.1) is 12.2 Å². The molecule has 6 aromatic carbocycles. The second-order valence-electron chi connectivity index (χ2n) is 12.5. The van der Waals surface area contributed by atoms with Crippen LogP contribution in [0.4, 0.5) is 0 Å². The molecule has 0 fully saturated rings. The van der Waals surface area contributed by atoms with Crippen molar-refractivity contribution in [3.8, 4) is 23.0 Å².